The average Bonchev–Trinajstić information content (AvgIpc) is 3.18. The molecule has 0 spiro atoms. The summed E-state index contributed by atoms with van der Waals surface area (Å²) in [4.78, 5) is 43.1. The number of nitrogens with one attached hydrogen (secondary N) is 2. The highest BCUT2D eigenvalue weighted by Crippen LogP contribution is 2.35. The van der Waals surface area contributed by atoms with E-state index in [0.717, 1.165) is 12.8 Å². The number of hydrogen-bond acceptors (Lipinski definition) is 7. The van der Waals surface area contributed by atoms with Crippen LogP contribution in [0.3, 0.4) is 0 Å². The minimum atomic E-state index is -0.653. The third kappa shape index (κ3) is 5.02. The first-order valence-electron chi connectivity index (χ1n) is 10.8. The van der Waals surface area contributed by atoms with Crippen molar-refractivity contribution >= 4 is 51.6 Å². The largest absolute Gasteiger partial charge is 0.449 e. The molecule has 0 radical (unpaired) electrons. The van der Waals surface area contributed by atoms with Crippen LogP contribution in [0.2, 0.25) is 5.02 Å². The lowest BCUT2D eigenvalue weighted by atomic mass is 9.85. The quantitative estimate of drug-likeness (QED) is 0.382. The summed E-state index contributed by atoms with van der Waals surface area (Å²) in [7, 11) is 4.05. The van der Waals surface area contributed by atoms with Crippen molar-refractivity contribution in [3.05, 3.63) is 57.4 Å². The second-order valence-electron chi connectivity index (χ2n) is 8.52. The number of pyridine rings is 1. The molecule has 0 aliphatic heterocycles. The molecule has 1 aliphatic rings. The fourth-order valence-corrected chi connectivity index (χ4v) is 4.30. The first kappa shape index (κ1) is 23.7. The van der Waals surface area contributed by atoms with Crippen molar-refractivity contribution in [1.29, 1.82) is 0 Å². The van der Waals surface area contributed by atoms with Gasteiger partial charge in [-0.2, -0.15) is 0 Å². The van der Waals surface area contributed by atoms with E-state index in [9.17, 15) is 19.7 Å². The smallest absolute Gasteiger partial charge is 0.294 e. The van der Waals surface area contributed by atoms with Gasteiger partial charge in [0.1, 0.15) is 17.1 Å². The molecule has 1 aliphatic carbocycles. The van der Waals surface area contributed by atoms with Gasteiger partial charge in [-0.05, 0) is 58.0 Å². The van der Waals surface area contributed by atoms with Crippen molar-refractivity contribution in [1.82, 2.24) is 9.88 Å². The highest BCUT2D eigenvalue weighted by Gasteiger charge is 2.30. The predicted molar refractivity (Wildman–Crippen MR) is 128 cm³/mol. The summed E-state index contributed by atoms with van der Waals surface area (Å²) >= 11 is 5.84. The van der Waals surface area contributed by atoms with Gasteiger partial charge in [-0.15, -0.1) is 0 Å². The summed E-state index contributed by atoms with van der Waals surface area (Å²) in [5.41, 5.74) is 0.165. The van der Waals surface area contributed by atoms with Gasteiger partial charge in [-0.25, -0.2) is 4.98 Å². The lowest BCUT2D eigenvalue weighted by Gasteiger charge is -2.31. The monoisotopic (exact) mass is 485 g/mol. The van der Waals surface area contributed by atoms with Gasteiger partial charge in [0.25, 0.3) is 11.6 Å². The highest BCUT2D eigenvalue weighted by atomic mass is 35.5. The highest BCUT2D eigenvalue weighted by molar-refractivity contribution is 6.30. The summed E-state index contributed by atoms with van der Waals surface area (Å²) in [5.74, 6) is -1.05. The van der Waals surface area contributed by atoms with Gasteiger partial charge >= 0.3 is 0 Å². The molecule has 34 heavy (non-hydrogen) atoms. The van der Waals surface area contributed by atoms with Crippen LogP contribution in [0.15, 0.2) is 40.9 Å². The Balaban J connectivity index is 1.64. The number of amides is 2. The van der Waals surface area contributed by atoms with Crippen LogP contribution in [0.5, 0.6) is 0 Å². The topological polar surface area (TPSA) is 131 Å². The van der Waals surface area contributed by atoms with Crippen LogP contribution in [0.25, 0.3) is 11.0 Å². The molecule has 1 saturated carbocycles. The number of aromatic nitrogens is 1. The van der Waals surface area contributed by atoms with E-state index in [0.29, 0.717) is 23.9 Å². The Labute approximate surface area is 200 Å². The zero-order valence-corrected chi connectivity index (χ0v) is 19.5. The number of nitro benzene ring substituents is 1. The van der Waals surface area contributed by atoms with Gasteiger partial charge in [0.2, 0.25) is 11.7 Å². The number of carbonyl (C=O) groups is 2. The number of furan rings is 1. The molecule has 0 saturated heterocycles. The molecule has 2 amide bonds. The van der Waals surface area contributed by atoms with E-state index in [1.165, 1.54) is 30.5 Å². The standard InChI is InChI=1S/C23H24ClN5O5/c1-28(2)15-6-3-13(4-7-15)22(30)27-20-17-11-16(29(32)33)8-9-18(17)34-21(20)23(31)26-19-10-5-14(24)12-25-19/h5,8-13,15H,3-4,6-7H2,1-2H3,(H,27,30)(H,25,26,31)/t13-,15-. The molecule has 178 valence electrons. The van der Waals surface area contributed by atoms with Crippen molar-refractivity contribution < 1.29 is 18.9 Å². The predicted octanol–water partition coefficient (Wildman–Crippen LogP) is 4.70. The number of hydrogen-bond donors (Lipinski definition) is 2. The number of halogens is 1. The molecule has 11 heteroatoms. The third-order valence-electron chi connectivity index (χ3n) is 6.10. The molecule has 2 heterocycles. The number of rotatable bonds is 6. The number of benzene rings is 1. The number of carbonyl (C=O) groups excluding carboxylic acids is 2. The van der Waals surface area contributed by atoms with Crippen LogP contribution >= 0.6 is 11.6 Å². The molecule has 0 bridgehead atoms. The number of non-ortho nitro benzene ring substituents is 1. The van der Waals surface area contributed by atoms with Gasteiger partial charge in [-0.1, -0.05) is 11.6 Å². The van der Waals surface area contributed by atoms with Crippen LogP contribution in [-0.2, 0) is 4.79 Å². The van der Waals surface area contributed by atoms with E-state index >= 15 is 0 Å². The second-order valence-corrected chi connectivity index (χ2v) is 8.95. The molecule has 10 nitrogen and oxygen atoms in total. The summed E-state index contributed by atoms with van der Waals surface area (Å²) in [6.45, 7) is 0. The molecule has 3 aromatic rings. The van der Waals surface area contributed by atoms with E-state index in [-0.39, 0.29) is 45.7 Å². The van der Waals surface area contributed by atoms with E-state index in [1.54, 1.807) is 6.07 Å². The first-order valence-corrected chi connectivity index (χ1v) is 11.2. The summed E-state index contributed by atoms with van der Waals surface area (Å²) < 4.78 is 5.72. The maximum Gasteiger partial charge on any atom is 0.294 e. The second kappa shape index (κ2) is 9.78. The van der Waals surface area contributed by atoms with E-state index in [2.05, 4.69) is 20.5 Å². The fourth-order valence-electron chi connectivity index (χ4n) is 4.19. The van der Waals surface area contributed by atoms with Crippen LogP contribution in [0, 0.1) is 16.0 Å². The maximum atomic E-state index is 13.1. The van der Waals surface area contributed by atoms with Crippen molar-refractivity contribution in [3.8, 4) is 0 Å². The molecule has 1 fully saturated rings. The Hall–Kier alpha value is -3.50. The fraction of sp³-hybridized carbons (Fsp3) is 0.348. The molecule has 4 rings (SSSR count). The number of nitrogens with zero attached hydrogens (tertiary/aromatic N) is 3. The summed E-state index contributed by atoms with van der Waals surface area (Å²) in [6, 6.07) is 7.49. The van der Waals surface area contributed by atoms with E-state index in [4.69, 9.17) is 16.0 Å². The lowest BCUT2D eigenvalue weighted by Crippen LogP contribution is -2.35. The minimum Gasteiger partial charge on any atom is -0.449 e. The zero-order chi connectivity index (χ0) is 24.4. The average molecular weight is 486 g/mol. The van der Waals surface area contributed by atoms with Crippen LogP contribution in [-0.4, -0.2) is 46.8 Å². The maximum absolute atomic E-state index is 13.1. The van der Waals surface area contributed by atoms with Gasteiger partial charge in [0, 0.05) is 30.3 Å². The Morgan fingerprint density at radius 2 is 1.88 bits per heavy atom. The van der Waals surface area contributed by atoms with E-state index in [1.807, 2.05) is 14.1 Å². The Morgan fingerprint density at radius 3 is 2.50 bits per heavy atom. The van der Waals surface area contributed by atoms with Crippen LogP contribution < -0.4 is 10.6 Å². The molecule has 1 aromatic carbocycles. The third-order valence-corrected chi connectivity index (χ3v) is 6.33. The Kier molecular flexibility index (Phi) is 6.80. The first-order chi connectivity index (χ1) is 16.2. The zero-order valence-electron chi connectivity index (χ0n) is 18.7. The van der Waals surface area contributed by atoms with Crippen LogP contribution in [0.4, 0.5) is 17.2 Å². The molecule has 0 atom stereocenters. The van der Waals surface area contributed by atoms with Crippen molar-refractivity contribution in [2.45, 2.75) is 31.7 Å². The van der Waals surface area contributed by atoms with Crippen molar-refractivity contribution in [2.24, 2.45) is 5.92 Å². The lowest BCUT2D eigenvalue weighted by molar-refractivity contribution is -0.384. The van der Waals surface area contributed by atoms with E-state index < -0.39 is 10.8 Å². The minimum absolute atomic E-state index is 0.102. The Bertz CT molecular complexity index is 1230. The van der Waals surface area contributed by atoms with Crippen molar-refractivity contribution in [3.63, 3.8) is 0 Å². The molecular formula is C23H24ClN5O5. The number of nitro groups is 1. The normalized spacial score (nSPS) is 18.1. The number of fused-ring (bicyclic) bond motifs is 1. The summed E-state index contributed by atoms with van der Waals surface area (Å²) in [5, 5.41) is 17.4. The molecule has 2 N–H and O–H groups in total. The van der Waals surface area contributed by atoms with Gasteiger partial charge in [0.05, 0.1) is 15.3 Å². The van der Waals surface area contributed by atoms with Crippen molar-refractivity contribution in [2.75, 3.05) is 24.7 Å². The Morgan fingerprint density at radius 1 is 1.15 bits per heavy atom. The SMILES string of the molecule is CN(C)[C@H]1CC[C@H](C(=O)Nc2c(C(=O)Nc3ccc(Cl)cn3)oc3ccc([N+](=O)[O-])cc23)CC1. The van der Waals surface area contributed by atoms with Crippen LogP contribution in [0.1, 0.15) is 36.2 Å². The van der Waals surface area contributed by atoms with Gasteiger partial charge in [0.15, 0.2) is 0 Å². The molecule has 0 unspecified atom stereocenters. The number of anilines is 2. The van der Waals surface area contributed by atoms with Gasteiger partial charge < -0.3 is 20.0 Å². The summed E-state index contributed by atoms with van der Waals surface area (Å²) in [6.07, 6.45) is 4.57. The molecule has 2 aromatic heterocycles. The molecular weight excluding hydrogens is 462 g/mol. The van der Waals surface area contributed by atoms with Gasteiger partial charge in [-0.3, -0.25) is 19.7 Å².